The number of H-pyrrole nitrogens is 2. The third-order valence-electron chi connectivity index (χ3n) is 4.76. The first-order valence-corrected chi connectivity index (χ1v) is 10.4. The fourth-order valence-corrected chi connectivity index (χ4v) is 3.93. The van der Waals surface area contributed by atoms with Crippen LogP contribution in [0.25, 0.3) is 5.69 Å². The summed E-state index contributed by atoms with van der Waals surface area (Å²) in [7, 11) is 0. The molecule has 3 aromatic rings. The number of aliphatic carboxylic acids is 1. The molecule has 0 radical (unpaired) electrons. The van der Waals surface area contributed by atoms with Crippen molar-refractivity contribution in [3.8, 4) is 5.69 Å². The van der Waals surface area contributed by atoms with Gasteiger partial charge in [0, 0.05) is 34.9 Å². The van der Waals surface area contributed by atoms with Crippen LogP contribution in [0.15, 0.2) is 48.5 Å². The monoisotopic (exact) mass is 477 g/mol. The van der Waals surface area contributed by atoms with Gasteiger partial charge in [0.25, 0.3) is 0 Å². The molecular formula is C20H18ClN4O4S2-. The molecule has 0 fully saturated rings. The molecular weight excluding hydrogens is 460 g/mol. The predicted molar refractivity (Wildman–Crippen MR) is 119 cm³/mol. The molecule has 0 saturated carbocycles. The molecule has 2 aromatic carbocycles. The van der Waals surface area contributed by atoms with Crippen LogP contribution >= 0.6 is 36.0 Å². The molecule has 3 rings (SSSR count). The number of anilines is 1. The van der Waals surface area contributed by atoms with Crippen molar-refractivity contribution in [1.82, 2.24) is 14.8 Å². The number of benzene rings is 2. The summed E-state index contributed by atoms with van der Waals surface area (Å²) in [5.41, 5.74) is 1.67. The second-order valence-electron chi connectivity index (χ2n) is 6.76. The molecule has 1 heterocycles. The van der Waals surface area contributed by atoms with Crippen LogP contribution in [0.2, 0.25) is 5.02 Å². The summed E-state index contributed by atoms with van der Waals surface area (Å²) in [5.74, 6) is -3.93. The Labute approximate surface area is 192 Å². The number of aromatic nitrogens is 3. The Morgan fingerprint density at radius 2 is 1.77 bits per heavy atom. The van der Waals surface area contributed by atoms with E-state index in [9.17, 15) is 19.8 Å². The van der Waals surface area contributed by atoms with Gasteiger partial charge in [-0.25, -0.2) is 0 Å². The molecule has 11 heteroatoms. The second-order valence-corrected chi connectivity index (χ2v) is 7.97. The molecule has 0 saturated heterocycles. The number of carboxylic acids is 1. The van der Waals surface area contributed by atoms with E-state index in [1.54, 1.807) is 53.1 Å². The number of aliphatic hydroxyl groups is 1. The zero-order valence-corrected chi connectivity index (χ0v) is 18.4. The Balaban J connectivity index is 1.83. The topological polar surface area (TPSA) is 126 Å². The molecule has 1 amide bonds. The van der Waals surface area contributed by atoms with Crippen LogP contribution in [0, 0.1) is 15.5 Å². The van der Waals surface area contributed by atoms with Crippen LogP contribution in [-0.2, 0) is 9.59 Å². The number of carbonyl (C=O) groups is 2. The molecule has 0 aliphatic heterocycles. The summed E-state index contributed by atoms with van der Waals surface area (Å²) in [6.45, 7) is -0.664. The van der Waals surface area contributed by atoms with E-state index in [2.05, 4.69) is 15.5 Å². The van der Waals surface area contributed by atoms with E-state index in [0.717, 1.165) is 0 Å². The number of carboxylic acid groups (broad SMARTS) is 1. The van der Waals surface area contributed by atoms with Crippen LogP contribution in [0.5, 0.6) is 0 Å². The lowest BCUT2D eigenvalue weighted by Gasteiger charge is -2.26. The van der Waals surface area contributed by atoms with E-state index in [1.807, 2.05) is 0 Å². The van der Waals surface area contributed by atoms with Crippen LogP contribution in [-0.4, -0.2) is 38.4 Å². The minimum absolute atomic E-state index is 0.186. The van der Waals surface area contributed by atoms with Gasteiger partial charge in [-0.3, -0.25) is 19.6 Å². The third kappa shape index (κ3) is 5.47. The molecule has 2 atom stereocenters. The number of amides is 1. The average molecular weight is 478 g/mol. The first-order chi connectivity index (χ1) is 14.8. The summed E-state index contributed by atoms with van der Waals surface area (Å²) in [4.78, 5) is 24.3. The van der Waals surface area contributed by atoms with E-state index >= 15 is 0 Å². The van der Waals surface area contributed by atoms with Gasteiger partial charge in [-0.15, -0.1) is 0 Å². The fraction of sp³-hybridized carbons (Fsp3) is 0.200. The van der Waals surface area contributed by atoms with Crippen molar-refractivity contribution in [2.24, 2.45) is 5.92 Å². The Morgan fingerprint density at radius 1 is 1.13 bits per heavy atom. The van der Waals surface area contributed by atoms with Crippen molar-refractivity contribution in [2.75, 3.05) is 11.9 Å². The maximum atomic E-state index is 12.7. The molecule has 4 N–H and O–H groups in total. The average Bonchev–Trinajstić information content (AvgIpc) is 3.06. The maximum absolute atomic E-state index is 12.7. The highest BCUT2D eigenvalue weighted by atomic mass is 35.5. The zero-order chi connectivity index (χ0) is 22.5. The number of aromatic amines is 2. The second kappa shape index (κ2) is 10.0. The summed E-state index contributed by atoms with van der Waals surface area (Å²) < 4.78 is 2.33. The molecule has 1 aromatic heterocycles. The van der Waals surface area contributed by atoms with Crippen molar-refractivity contribution in [3.63, 3.8) is 0 Å². The fourth-order valence-electron chi connectivity index (χ4n) is 3.25. The molecule has 0 aliphatic carbocycles. The summed E-state index contributed by atoms with van der Waals surface area (Å²) in [6.07, 6.45) is -0.186. The van der Waals surface area contributed by atoms with Crippen LogP contribution in [0.3, 0.4) is 0 Å². The van der Waals surface area contributed by atoms with Gasteiger partial charge < -0.3 is 20.3 Å². The number of nitrogens with one attached hydrogen (secondary N) is 3. The van der Waals surface area contributed by atoms with Crippen molar-refractivity contribution in [2.45, 2.75) is 12.3 Å². The van der Waals surface area contributed by atoms with Crippen LogP contribution < -0.4 is 10.4 Å². The van der Waals surface area contributed by atoms with Gasteiger partial charge in [0.2, 0.25) is 5.91 Å². The number of aliphatic hydroxyl groups excluding tert-OH is 1. The molecule has 0 aliphatic rings. The highest BCUT2D eigenvalue weighted by Gasteiger charge is 2.26. The third-order valence-corrected chi connectivity index (χ3v) is 5.58. The van der Waals surface area contributed by atoms with E-state index in [0.29, 0.717) is 31.5 Å². The Bertz CT molecular complexity index is 1180. The van der Waals surface area contributed by atoms with Gasteiger partial charge in [-0.1, -0.05) is 29.8 Å². The quantitative estimate of drug-likeness (QED) is 0.369. The lowest BCUT2D eigenvalue weighted by molar-refractivity contribution is -0.313. The minimum Gasteiger partial charge on any atom is -0.550 e. The van der Waals surface area contributed by atoms with Crippen LogP contribution in [0.1, 0.15) is 17.9 Å². The van der Waals surface area contributed by atoms with Gasteiger partial charge >= 0.3 is 0 Å². The van der Waals surface area contributed by atoms with E-state index in [1.165, 1.54) is 0 Å². The van der Waals surface area contributed by atoms with Crippen LogP contribution in [0.4, 0.5) is 5.69 Å². The SMILES string of the molecule is O=C(CC(c1ccc(Cl)cc1)C(CO)C(=O)[O-])Nc1cccc(-n2c(=S)[nH][nH]c2=S)c1. The number of hydrogen-bond acceptors (Lipinski definition) is 6. The van der Waals surface area contributed by atoms with E-state index < -0.39 is 30.3 Å². The molecule has 0 bridgehead atoms. The van der Waals surface area contributed by atoms with Crippen molar-refractivity contribution in [1.29, 1.82) is 0 Å². The predicted octanol–water partition coefficient (Wildman–Crippen LogP) is 2.72. The number of halogens is 1. The Morgan fingerprint density at radius 3 is 2.35 bits per heavy atom. The van der Waals surface area contributed by atoms with Gasteiger partial charge in [0.1, 0.15) is 0 Å². The minimum atomic E-state index is -1.44. The highest BCUT2D eigenvalue weighted by Crippen LogP contribution is 2.30. The molecule has 31 heavy (non-hydrogen) atoms. The maximum Gasteiger partial charge on any atom is 0.225 e. The zero-order valence-electron chi connectivity index (χ0n) is 16.0. The first kappa shape index (κ1) is 22.9. The van der Waals surface area contributed by atoms with Gasteiger partial charge in [0.05, 0.1) is 12.3 Å². The lowest BCUT2D eigenvalue weighted by Crippen LogP contribution is -2.38. The standard InChI is InChI=1S/C20H19ClN4O4S2/c21-12-6-4-11(5-7-12)15(16(10-26)18(28)29)9-17(27)22-13-2-1-3-14(8-13)25-19(30)23-24-20(25)31/h1-8,15-16,26H,9-10H2,(H,22,27)(H,23,30)(H,24,31)(H,28,29)/p-1. The molecule has 162 valence electrons. The van der Waals surface area contributed by atoms with Gasteiger partial charge in [-0.05, 0) is 60.3 Å². The lowest BCUT2D eigenvalue weighted by atomic mass is 9.83. The number of nitrogens with zero attached hydrogens (tertiary/aromatic N) is 1. The summed E-state index contributed by atoms with van der Waals surface area (Å²) >= 11 is 16.3. The van der Waals surface area contributed by atoms with Gasteiger partial charge in [0.15, 0.2) is 9.54 Å². The van der Waals surface area contributed by atoms with Crippen molar-refractivity contribution < 1.29 is 19.8 Å². The Kier molecular flexibility index (Phi) is 7.39. The van der Waals surface area contributed by atoms with Gasteiger partial charge in [-0.2, -0.15) is 0 Å². The van der Waals surface area contributed by atoms with Crippen molar-refractivity contribution in [3.05, 3.63) is 68.7 Å². The normalized spacial score (nSPS) is 12.8. The highest BCUT2D eigenvalue weighted by molar-refractivity contribution is 7.72. The smallest absolute Gasteiger partial charge is 0.225 e. The summed E-state index contributed by atoms with van der Waals surface area (Å²) in [5, 5.41) is 29.8. The number of carbonyl (C=O) groups excluding carboxylic acids is 2. The van der Waals surface area contributed by atoms with E-state index in [4.69, 9.17) is 36.0 Å². The molecule has 0 spiro atoms. The molecule has 2 unspecified atom stereocenters. The largest absolute Gasteiger partial charge is 0.550 e. The first-order valence-electron chi connectivity index (χ1n) is 9.17. The molecule has 8 nitrogen and oxygen atoms in total. The van der Waals surface area contributed by atoms with E-state index in [-0.39, 0.29) is 6.42 Å². The van der Waals surface area contributed by atoms with Crippen molar-refractivity contribution >= 4 is 53.6 Å². The summed E-state index contributed by atoms with van der Waals surface area (Å²) in [6, 6.07) is 13.3. The number of hydrogen-bond donors (Lipinski definition) is 4. The number of rotatable bonds is 8. The Hall–Kier alpha value is -2.79.